The number of nitrogens with zero attached hydrogens (tertiary/aromatic N) is 2. The van der Waals surface area contributed by atoms with Gasteiger partial charge in [-0.15, -0.1) is 0 Å². The van der Waals surface area contributed by atoms with Crippen LogP contribution in [0.5, 0.6) is 0 Å². The molecule has 1 amide bonds. The number of aromatic nitrogens is 2. The van der Waals surface area contributed by atoms with E-state index in [-0.39, 0.29) is 23.5 Å². The highest BCUT2D eigenvalue weighted by Gasteiger charge is 2.24. The lowest BCUT2D eigenvalue weighted by atomic mass is 10.2. The molecule has 29 heavy (non-hydrogen) atoms. The molecule has 0 aliphatic carbocycles. The molecule has 2 aromatic heterocycles. The maximum atomic E-state index is 13.3. The number of benzene rings is 1. The molecule has 0 atom stereocenters. The Kier molecular flexibility index (Phi) is 5.86. The van der Waals surface area contributed by atoms with Crippen molar-refractivity contribution in [3.63, 3.8) is 0 Å². The number of halogens is 1. The van der Waals surface area contributed by atoms with Crippen LogP contribution in [0.4, 0.5) is 4.79 Å². The van der Waals surface area contributed by atoms with Crippen molar-refractivity contribution in [1.82, 2.24) is 14.3 Å². The number of amides is 1. The van der Waals surface area contributed by atoms with Gasteiger partial charge in [0, 0.05) is 30.2 Å². The van der Waals surface area contributed by atoms with Crippen molar-refractivity contribution in [3.05, 3.63) is 59.4 Å². The molecule has 3 rings (SSSR count). The van der Waals surface area contributed by atoms with E-state index in [0.29, 0.717) is 16.1 Å². The predicted molar refractivity (Wildman–Crippen MR) is 112 cm³/mol. The summed E-state index contributed by atoms with van der Waals surface area (Å²) in [6, 6.07) is 11.5. The van der Waals surface area contributed by atoms with Crippen LogP contribution in [0.3, 0.4) is 0 Å². The van der Waals surface area contributed by atoms with Gasteiger partial charge >= 0.3 is 6.09 Å². The van der Waals surface area contributed by atoms with E-state index in [0.717, 1.165) is 0 Å². The van der Waals surface area contributed by atoms with Crippen LogP contribution < -0.4 is 5.32 Å². The lowest BCUT2D eigenvalue weighted by Gasteiger charge is -2.19. The lowest BCUT2D eigenvalue weighted by molar-refractivity contribution is 0.0528. The summed E-state index contributed by atoms with van der Waals surface area (Å²) in [6.45, 7) is 5.51. The van der Waals surface area contributed by atoms with Gasteiger partial charge in [0.2, 0.25) is 0 Å². The van der Waals surface area contributed by atoms with Gasteiger partial charge in [0.05, 0.1) is 9.92 Å². The molecule has 1 N–H and O–H groups in total. The Bertz CT molecular complexity index is 1140. The van der Waals surface area contributed by atoms with Gasteiger partial charge in [-0.1, -0.05) is 29.8 Å². The molecule has 7 nitrogen and oxygen atoms in total. The second-order valence-corrected chi connectivity index (χ2v) is 9.69. The summed E-state index contributed by atoms with van der Waals surface area (Å²) in [6.07, 6.45) is 1.11. The topological polar surface area (TPSA) is 90.3 Å². The zero-order chi connectivity index (χ0) is 21.2. The molecule has 0 aliphatic heterocycles. The molecule has 0 fully saturated rings. The van der Waals surface area contributed by atoms with E-state index in [1.165, 1.54) is 22.3 Å². The molecule has 154 valence electrons. The van der Waals surface area contributed by atoms with Crippen molar-refractivity contribution in [3.8, 4) is 0 Å². The minimum Gasteiger partial charge on any atom is -0.444 e. The molecule has 0 bridgehead atoms. The number of hydrogen-bond acceptors (Lipinski definition) is 5. The monoisotopic (exact) mass is 435 g/mol. The first-order valence-electron chi connectivity index (χ1n) is 9.01. The highest BCUT2D eigenvalue weighted by Crippen LogP contribution is 2.26. The number of carbonyl (C=O) groups excluding carboxylic acids is 1. The van der Waals surface area contributed by atoms with E-state index in [2.05, 4.69) is 10.3 Å². The summed E-state index contributed by atoms with van der Waals surface area (Å²) in [5.41, 5.74) is 0.149. The Labute approximate surface area is 174 Å². The van der Waals surface area contributed by atoms with Crippen molar-refractivity contribution in [2.24, 2.45) is 0 Å². The van der Waals surface area contributed by atoms with Gasteiger partial charge in [-0.3, -0.25) is 0 Å². The summed E-state index contributed by atoms with van der Waals surface area (Å²) in [5.74, 6) is 0. The highest BCUT2D eigenvalue weighted by molar-refractivity contribution is 7.90. The second kappa shape index (κ2) is 8.04. The molecule has 2 heterocycles. The molecule has 0 saturated carbocycles. The average Bonchev–Trinajstić information content (AvgIpc) is 2.99. The third-order valence-electron chi connectivity index (χ3n) is 3.97. The fourth-order valence-corrected chi connectivity index (χ4v) is 4.56. The number of alkyl carbamates (subject to hydrolysis) is 1. The number of pyridine rings is 1. The van der Waals surface area contributed by atoms with Crippen molar-refractivity contribution in [1.29, 1.82) is 0 Å². The van der Waals surface area contributed by atoms with E-state index < -0.39 is 21.7 Å². The third kappa shape index (κ3) is 4.89. The number of rotatable bonds is 5. The van der Waals surface area contributed by atoms with Crippen LogP contribution in [0.1, 0.15) is 26.5 Å². The Hall–Kier alpha value is -2.58. The molecule has 0 spiro atoms. The fourth-order valence-electron chi connectivity index (χ4n) is 2.84. The van der Waals surface area contributed by atoms with E-state index in [9.17, 15) is 13.2 Å². The summed E-state index contributed by atoms with van der Waals surface area (Å²) in [4.78, 5) is 16.3. The molecular weight excluding hydrogens is 414 g/mol. The van der Waals surface area contributed by atoms with Crippen molar-refractivity contribution in [2.45, 2.75) is 37.7 Å². The molecule has 0 radical (unpaired) electrons. The van der Waals surface area contributed by atoms with Crippen LogP contribution >= 0.6 is 11.6 Å². The molecule has 0 aliphatic rings. The molecule has 9 heteroatoms. The zero-order valence-corrected chi connectivity index (χ0v) is 17.9. The van der Waals surface area contributed by atoms with Gasteiger partial charge in [-0.25, -0.2) is 22.2 Å². The van der Waals surface area contributed by atoms with Crippen molar-refractivity contribution < 1.29 is 17.9 Å². The fraction of sp³-hybridized carbons (Fsp3) is 0.300. The molecule has 0 unspecified atom stereocenters. The van der Waals surface area contributed by atoms with Gasteiger partial charge in [-0.05, 0) is 45.0 Å². The van der Waals surface area contributed by atoms with Gasteiger partial charge in [0.25, 0.3) is 10.0 Å². The van der Waals surface area contributed by atoms with Crippen LogP contribution in [-0.4, -0.2) is 35.6 Å². The van der Waals surface area contributed by atoms with Gasteiger partial charge < -0.3 is 10.1 Å². The van der Waals surface area contributed by atoms with Gasteiger partial charge in [0.15, 0.2) is 5.65 Å². The number of carbonyl (C=O) groups is 1. The number of ether oxygens (including phenoxy) is 1. The standard InChI is InChI=1S/C20H22ClN3O4S/c1-20(2,3)28-19(25)22-10-9-16-12-14-11-15(21)13-23-18(14)24(16)29(26,27)17-7-5-4-6-8-17/h4-8,11-13H,9-10H2,1-3H3,(H,22,25). The first-order chi connectivity index (χ1) is 13.6. The summed E-state index contributed by atoms with van der Waals surface area (Å²) < 4.78 is 33.0. The van der Waals surface area contributed by atoms with Crippen LogP contribution in [0.25, 0.3) is 11.0 Å². The van der Waals surface area contributed by atoms with E-state index >= 15 is 0 Å². The van der Waals surface area contributed by atoms with E-state index in [1.54, 1.807) is 51.1 Å². The van der Waals surface area contributed by atoms with Gasteiger partial charge in [-0.2, -0.15) is 0 Å². The smallest absolute Gasteiger partial charge is 0.407 e. The van der Waals surface area contributed by atoms with Crippen LogP contribution in [0.15, 0.2) is 53.6 Å². The maximum absolute atomic E-state index is 13.3. The van der Waals surface area contributed by atoms with Crippen LogP contribution in [0, 0.1) is 0 Å². The molecule has 3 aromatic rings. The molecule has 1 aromatic carbocycles. The summed E-state index contributed by atoms with van der Waals surface area (Å²) in [5, 5.41) is 3.65. The first-order valence-corrected chi connectivity index (χ1v) is 10.8. The van der Waals surface area contributed by atoms with Gasteiger partial charge in [0.1, 0.15) is 5.60 Å². The largest absolute Gasteiger partial charge is 0.444 e. The highest BCUT2D eigenvalue weighted by atomic mass is 35.5. The summed E-state index contributed by atoms with van der Waals surface area (Å²) in [7, 11) is -3.88. The van der Waals surface area contributed by atoms with E-state index in [1.807, 2.05) is 0 Å². The minimum absolute atomic E-state index is 0.149. The molecule has 0 saturated heterocycles. The normalized spacial score (nSPS) is 12.1. The third-order valence-corrected chi connectivity index (χ3v) is 5.93. The maximum Gasteiger partial charge on any atom is 0.407 e. The predicted octanol–water partition coefficient (Wildman–Crippen LogP) is 3.99. The van der Waals surface area contributed by atoms with Crippen LogP contribution in [-0.2, 0) is 21.2 Å². The second-order valence-electron chi connectivity index (χ2n) is 7.46. The zero-order valence-electron chi connectivity index (χ0n) is 16.3. The van der Waals surface area contributed by atoms with Crippen molar-refractivity contribution >= 4 is 38.8 Å². The number of fused-ring (bicyclic) bond motifs is 1. The quantitative estimate of drug-likeness (QED) is 0.654. The first kappa shape index (κ1) is 21.1. The lowest BCUT2D eigenvalue weighted by Crippen LogP contribution is -2.33. The number of nitrogens with one attached hydrogen (secondary N) is 1. The van der Waals surface area contributed by atoms with E-state index in [4.69, 9.17) is 16.3 Å². The van der Waals surface area contributed by atoms with Crippen molar-refractivity contribution in [2.75, 3.05) is 6.54 Å². The van der Waals surface area contributed by atoms with Crippen LogP contribution in [0.2, 0.25) is 5.02 Å². The SMILES string of the molecule is CC(C)(C)OC(=O)NCCc1cc2cc(Cl)cnc2n1S(=O)(=O)c1ccccc1. The molecular formula is C20H22ClN3O4S. The summed E-state index contributed by atoms with van der Waals surface area (Å²) >= 11 is 6.02. The minimum atomic E-state index is -3.88. The Morgan fingerprint density at radius 1 is 1.21 bits per heavy atom. The Balaban J connectivity index is 1.95. The number of hydrogen-bond donors (Lipinski definition) is 1. The average molecular weight is 436 g/mol. The Morgan fingerprint density at radius 3 is 2.55 bits per heavy atom. The Morgan fingerprint density at radius 2 is 1.90 bits per heavy atom.